The summed E-state index contributed by atoms with van der Waals surface area (Å²) < 4.78 is 0. The van der Waals surface area contributed by atoms with Crippen LogP contribution < -0.4 is 0 Å². The summed E-state index contributed by atoms with van der Waals surface area (Å²) in [5.74, 6) is 0.207. The van der Waals surface area contributed by atoms with Gasteiger partial charge in [0.2, 0.25) is 0 Å². The lowest BCUT2D eigenvalue weighted by Crippen LogP contribution is -1.90. The monoisotopic (exact) mass is 247 g/mol. The molecule has 1 heteroatoms. The summed E-state index contributed by atoms with van der Waals surface area (Å²) in [5, 5.41) is 11.6. The fraction of sp³-hybridized carbons (Fsp3) is 0.647. The highest BCUT2D eigenvalue weighted by Crippen LogP contribution is 2.24. The first kappa shape index (κ1) is 15.1. The molecule has 0 spiro atoms. The van der Waals surface area contributed by atoms with E-state index < -0.39 is 0 Å². The quantitative estimate of drug-likeness (QED) is 0.522. The van der Waals surface area contributed by atoms with Gasteiger partial charge in [0.15, 0.2) is 5.75 Å². The van der Waals surface area contributed by atoms with Gasteiger partial charge in [0.1, 0.15) is 0 Å². The lowest BCUT2D eigenvalue weighted by atomic mass is 10.0. The van der Waals surface area contributed by atoms with Crippen LogP contribution in [0.3, 0.4) is 0 Å². The summed E-state index contributed by atoms with van der Waals surface area (Å²) in [7, 11) is 0. The SMILES string of the molecule is CCCCCCCCCc1cc(C)c([O])c(C)c1. The second-order valence-electron chi connectivity index (χ2n) is 5.43. The third-order valence-corrected chi connectivity index (χ3v) is 3.59. The fourth-order valence-corrected chi connectivity index (χ4v) is 2.47. The zero-order valence-corrected chi connectivity index (χ0v) is 12.2. The smallest absolute Gasteiger partial charge is 0.184 e. The Morgan fingerprint density at radius 2 is 1.33 bits per heavy atom. The van der Waals surface area contributed by atoms with Gasteiger partial charge in [0, 0.05) is 0 Å². The van der Waals surface area contributed by atoms with Gasteiger partial charge in [-0.25, -0.2) is 0 Å². The van der Waals surface area contributed by atoms with Crippen molar-refractivity contribution < 1.29 is 5.11 Å². The van der Waals surface area contributed by atoms with E-state index in [-0.39, 0.29) is 5.75 Å². The van der Waals surface area contributed by atoms with Crippen LogP contribution in [0.2, 0.25) is 0 Å². The van der Waals surface area contributed by atoms with Crippen molar-refractivity contribution in [1.29, 1.82) is 0 Å². The zero-order valence-electron chi connectivity index (χ0n) is 12.2. The second-order valence-corrected chi connectivity index (χ2v) is 5.43. The van der Waals surface area contributed by atoms with E-state index in [0.29, 0.717) is 0 Å². The van der Waals surface area contributed by atoms with E-state index >= 15 is 0 Å². The molecule has 1 rings (SSSR count). The molecule has 0 N–H and O–H groups in total. The van der Waals surface area contributed by atoms with Crippen molar-refractivity contribution in [3.8, 4) is 5.75 Å². The van der Waals surface area contributed by atoms with Crippen molar-refractivity contribution in [3.63, 3.8) is 0 Å². The molecule has 101 valence electrons. The molecule has 1 aromatic rings. The second kappa shape index (κ2) is 8.18. The molecule has 0 saturated heterocycles. The minimum Gasteiger partial charge on any atom is -0.289 e. The largest absolute Gasteiger partial charge is 0.289 e. The van der Waals surface area contributed by atoms with Gasteiger partial charge >= 0.3 is 0 Å². The lowest BCUT2D eigenvalue weighted by molar-refractivity contribution is 0.348. The highest BCUT2D eigenvalue weighted by molar-refractivity contribution is 5.41. The van der Waals surface area contributed by atoms with Crippen molar-refractivity contribution in [2.24, 2.45) is 0 Å². The third-order valence-electron chi connectivity index (χ3n) is 3.59. The molecule has 0 saturated carbocycles. The first-order valence-electron chi connectivity index (χ1n) is 7.42. The summed E-state index contributed by atoms with van der Waals surface area (Å²) in [4.78, 5) is 0. The van der Waals surface area contributed by atoms with Crippen molar-refractivity contribution >= 4 is 0 Å². The van der Waals surface area contributed by atoms with Gasteiger partial charge < -0.3 is 0 Å². The van der Waals surface area contributed by atoms with Crippen molar-refractivity contribution in [2.75, 3.05) is 0 Å². The van der Waals surface area contributed by atoms with Crippen LogP contribution in [0.1, 0.15) is 68.6 Å². The van der Waals surface area contributed by atoms with E-state index in [1.807, 2.05) is 13.8 Å². The van der Waals surface area contributed by atoms with Crippen LogP contribution in [0.15, 0.2) is 12.1 Å². The van der Waals surface area contributed by atoms with Gasteiger partial charge in [0.05, 0.1) is 0 Å². The maximum atomic E-state index is 11.6. The van der Waals surface area contributed by atoms with Crippen LogP contribution in [-0.2, 0) is 11.5 Å². The van der Waals surface area contributed by atoms with Crippen molar-refractivity contribution in [1.82, 2.24) is 0 Å². The maximum Gasteiger partial charge on any atom is 0.184 e. The van der Waals surface area contributed by atoms with Crippen LogP contribution in [0.4, 0.5) is 0 Å². The topological polar surface area (TPSA) is 19.9 Å². The van der Waals surface area contributed by atoms with Gasteiger partial charge in [0.25, 0.3) is 0 Å². The Balaban J connectivity index is 2.23. The summed E-state index contributed by atoms with van der Waals surface area (Å²) in [6.45, 7) is 6.09. The Kier molecular flexibility index (Phi) is 6.85. The molecule has 0 aliphatic rings. The lowest BCUT2D eigenvalue weighted by Gasteiger charge is -2.06. The first-order valence-corrected chi connectivity index (χ1v) is 7.42. The van der Waals surface area contributed by atoms with E-state index in [4.69, 9.17) is 0 Å². The van der Waals surface area contributed by atoms with Crippen LogP contribution in [0.25, 0.3) is 0 Å². The molecule has 1 nitrogen and oxygen atoms in total. The van der Waals surface area contributed by atoms with E-state index in [1.165, 1.54) is 50.5 Å². The van der Waals surface area contributed by atoms with E-state index in [9.17, 15) is 5.11 Å². The van der Waals surface area contributed by atoms with Crippen LogP contribution in [-0.4, -0.2) is 0 Å². The number of unbranched alkanes of at least 4 members (excludes halogenated alkanes) is 6. The predicted octanol–water partition coefficient (Wildman–Crippen LogP) is 5.74. The Labute approximate surface area is 112 Å². The molecule has 0 unspecified atom stereocenters. The highest BCUT2D eigenvalue weighted by atomic mass is 16.3. The molecular weight excluding hydrogens is 220 g/mol. The van der Waals surface area contributed by atoms with Gasteiger partial charge in [-0.3, -0.25) is 5.11 Å². The number of hydrogen-bond acceptors (Lipinski definition) is 0. The van der Waals surface area contributed by atoms with Crippen LogP contribution in [0, 0.1) is 13.8 Å². The van der Waals surface area contributed by atoms with E-state index in [2.05, 4.69) is 19.1 Å². The number of aryl methyl sites for hydroxylation is 3. The minimum absolute atomic E-state index is 0.207. The molecule has 0 amide bonds. The normalized spacial score (nSPS) is 10.8. The summed E-state index contributed by atoms with van der Waals surface area (Å²) in [6.07, 6.45) is 10.5. The number of rotatable bonds is 8. The zero-order chi connectivity index (χ0) is 13.4. The summed E-state index contributed by atoms with van der Waals surface area (Å²) in [5.41, 5.74) is 3.12. The Morgan fingerprint density at radius 1 is 0.833 bits per heavy atom. The molecule has 0 aliphatic heterocycles. The van der Waals surface area contributed by atoms with Crippen LogP contribution in [0.5, 0.6) is 5.75 Å². The molecule has 18 heavy (non-hydrogen) atoms. The van der Waals surface area contributed by atoms with Gasteiger partial charge in [-0.2, -0.15) is 0 Å². The Morgan fingerprint density at radius 3 is 1.89 bits per heavy atom. The molecule has 0 aliphatic carbocycles. The molecule has 0 bridgehead atoms. The summed E-state index contributed by atoms with van der Waals surface area (Å²) in [6, 6.07) is 4.12. The number of hydrogen-bond donors (Lipinski definition) is 0. The minimum atomic E-state index is 0.207. The average molecular weight is 247 g/mol. The molecule has 0 atom stereocenters. The molecule has 0 aromatic heterocycles. The van der Waals surface area contributed by atoms with Gasteiger partial charge in [-0.15, -0.1) is 0 Å². The maximum absolute atomic E-state index is 11.6. The van der Waals surface area contributed by atoms with E-state index in [1.54, 1.807) is 0 Å². The van der Waals surface area contributed by atoms with E-state index in [0.717, 1.165) is 17.5 Å². The third kappa shape index (κ3) is 5.12. The van der Waals surface area contributed by atoms with Gasteiger partial charge in [-0.05, 0) is 43.4 Å². The first-order chi connectivity index (χ1) is 8.65. The van der Waals surface area contributed by atoms with Gasteiger partial charge in [-0.1, -0.05) is 57.6 Å². The standard InChI is InChI=1S/C17H27O/c1-4-5-6-7-8-9-10-11-16-12-14(2)17(18)15(3)13-16/h12-13H,4-11H2,1-3H3. The Bertz CT molecular complexity index is 332. The molecular formula is C17H27O. The molecule has 1 radical (unpaired) electrons. The molecule has 1 aromatic carbocycles. The number of benzene rings is 1. The summed E-state index contributed by atoms with van der Waals surface area (Å²) >= 11 is 0. The molecule has 0 fully saturated rings. The van der Waals surface area contributed by atoms with Crippen molar-refractivity contribution in [3.05, 3.63) is 28.8 Å². The predicted molar refractivity (Wildman–Crippen MR) is 77.7 cm³/mol. The highest BCUT2D eigenvalue weighted by Gasteiger charge is 2.04. The average Bonchev–Trinajstić information content (AvgIpc) is 2.34. The Hall–Kier alpha value is -0.980. The van der Waals surface area contributed by atoms with Crippen LogP contribution >= 0.6 is 0 Å². The van der Waals surface area contributed by atoms with Crippen molar-refractivity contribution in [2.45, 2.75) is 72.1 Å². The fourth-order valence-electron chi connectivity index (χ4n) is 2.47. The molecule has 0 heterocycles.